The molecule has 1 unspecified atom stereocenters. The molecule has 0 aliphatic rings. The number of nitrogens with zero attached hydrogens (tertiary/aromatic N) is 2. The van der Waals surface area contributed by atoms with Gasteiger partial charge in [-0.1, -0.05) is 0 Å². The SMILES string of the molecule is CC(c1nn(C)c(N)c1-c1cc(F)cc(F)c1)S(C)(=O)=O. The van der Waals surface area contributed by atoms with E-state index in [0.29, 0.717) is 0 Å². The number of aryl methyl sites for hydroxylation is 1. The van der Waals surface area contributed by atoms with Gasteiger partial charge in [-0.3, -0.25) is 4.68 Å². The van der Waals surface area contributed by atoms with Crippen LogP contribution >= 0.6 is 0 Å². The van der Waals surface area contributed by atoms with Gasteiger partial charge < -0.3 is 5.73 Å². The fraction of sp³-hybridized carbons (Fsp3) is 0.308. The van der Waals surface area contributed by atoms with E-state index in [1.807, 2.05) is 0 Å². The Hall–Kier alpha value is -1.96. The number of hydrogen-bond acceptors (Lipinski definition) is 4. The standard InChI is InChI=1S/C13H15F2N3O2S/c1-7(21(3,19)20)12-11(13(16)18(2)17-12)8-4-9(14)6-10(15)5-8/h4-7H,16H2,1-3H3. The maximum atomic E-state index is 13.4. The zero-order chi connectivity index (χ0) is 15.9. The summed E-state index contributed by atoms with van der Waals surface area (Å²) >= 11 is 0. The van der Waals surface area contributed by atoms with Crippen molar-refractivity contribution in [1.29, 1.82) is 0 Å². The second-order valence-electron chi connectivity index (χ2n) is 4.90. The zero-order valence-electron chi connectivity index (χ0n) is 11.8. The highest BCUT2D eigenvalue weighted by molar-refractivity contribution is 7.90. The molecule has 0 radical (unpaired) electrons. The van der Waals surface area contributed by atoms with E-state index in [0.717, 1.165) is 24.5 Å². The van der Waals surface area contributed by atoms with Crippen LogP contribution in [-0.2, 0) is 16.9 Å². The molecule has 0 fully saturated rings. The van der Waals surface area contributed by atoms with Crippen molar-refractivity contribution in [2.24, 2.45) is 7.05 Å². The van der Waals surface area contributed by atoms with Gasteiger partial charge in [0.2, 0.25) is 0 Å². The minimum absolute atomic E-state index is 0.144. The Kier molecular flexibility index (Phi) is 3.75. The van der Waals surface area contributed by atoms with Crippen LogP contribution in [-0.4, -0.2) is 24.5 Å². The summed E-state index contributed by atoms with van der Waals surface area (Å²) < 4.78 is 51.5. The number of aromatic nitrogens is 2. The second kappa shape index (κ2) is 5.10. The molecule has 0 amide bonds. The molecule has 0 aliphatic heterocycles. The van der Waals surface area contributed by atoms with Crippen molar-refractivity contribution >= 4 is 15.7 Å². The summed E-state index contributed by atoms with van der Waals surface area (Å²) in [5.41, 5.74) is 6.43. The largest absolute Gasteiger partial charge is 0.383 e. The Morgan fingerprint density at radius 3 is 2.24 bits per heavy atom. The van der Waals surface area contributed by atoms with Crippen LogP contribution in [0.2, 0.25) is 0 Å². The van der Waals surface area contributed by atoms with Crippen LogP contribution in [0.5, 0.6) is 0 Å². The molecular formula is C13H15F2N3O2S. The molecule has 2 aromatic rings. The van der Waals surface area contributed by atoms with Gasteiger partial charge in [0, 0.05) is 24.9 Å². The van der Waals surface area contributed by atoms with Gasteiger partial charge in [0.15, 0.2) is 9.84 Å². The van der Waals surface area contributed by atoms with E-state index >= 15 is 0 Å². The summed E-state index contributed by atoms with van der Waals surface area (Å²) in [6.07, 6.45) is 1.07. The smallest absolute Gasteiger partial charge is 0.155 e. The molecule has 2 N–H and O–H groups in total. The van der Waals surface area contributed by atoms with Gasteiger partial charge >= 0.3 is 0 Å². The summed E-state index contributed by atoms with van der Waals surface area (Å²) in [5, 5.41) is 3.14. The summed E-state index contributed by atoms with van der Waals surface area (Å²) in [7, 11) is -1.89. The predicted molar refractivity (Wildman–Crippen MR) is 76.2 cm³/mol. The molecule has 0 aliphatic carbocycles. The number of halogens is 2. The van der Waals surface area contributed by atoms with Crippen LogP contribution in [0.1, 0.15) is 17.9 Å². The first-order chi connectivity index (χ1) is 9.61. The molecule has 1 aromatic carbocycles. The van der Waals surface area contributed by atoms with Gasteiger partial charge in [-0.2, -0.15) is 5.10 Å². The predicted octanol–water partition coefficient (Wildman–Crippen LogP) is 2.05. The first kappa shape index (κ1) is 15.4. The van der Waals surface area contributed by atoms with Crippen LogP contribution in [0, 0.1) is 11.6 Å². The monoisotopic (exact) mass is 315 g/mol. The van der Waals surface area contributed by atoms with E-state index in [2.05, 4.69) is 5.10 Å². The van der Waals surface area contributed by atoms with Gasteiger partial charge in [-0.15, -0.1) is 0 Å². The van der Waals surface area contributed by atoms with Gasteiger partial charge in [0.1, 0.15) is 22.7 Å². The average molecular weight is 315 g/mol. The van der Waals surface area contributed by atoms with Gasteiger partial charge in [-0.25, -0.2) is 17.2 Å². The summed E-state index contributed by atoms with van der Waals surface area (Å²) in [5.74, 6) is -1.40. The van der Waals surface area contributed by atoms with E-state index in [1.165, 1.54) is 18.7 Å². The fourth-order valence-electron chi connectivity index (χ4n) is 2.04. The third-order valence-corrected chi connectivity index (χ3v) is 4.80. The molecule has 5 nitrogen and oxygen atoms in total. The summed E-state index contributed by atoms with van der Waals surface area (Å²) in [4.78, 5) is 0. The summed E-state index contributed by atoms with van der Waals surface area (Å²) in [6.45, 7) is 1.45. The van der Waals surface area contributed by atoms with Crippen molar-refractivity contribution in [3.63, 3.8) is 0 Å². The molecule has 0 bridgehead atoms. The molecule has 1 atom stereocenters. The molecule has 114 valence electrons. The maximum absolute atomic E-state index is 13.4. The summed E-state index contributed by atoms with van der Waals surface area (Å²) in [6, 6.07) is 2.92. The molecule has 0 saturated heterocycles. The highest BCUT2D eigenvalue weighted by Gasteiger charge is 2.27. The van der Waals surface area contributed by atoms with Crippen molar-refractivity contribution in [1.82, 2.24) is 9.78 Å². The number of hydrogen-bond donors (Lipinski definition) is 1. The number of sulfone groups is 1. The molecule has 2 rings (SSSR count). The third kappa shape index (κ3) is 2.90. The topological polar surface area (TPSA) is 78.0 Å². The average Bonchev–Trinajstić information content (AvgIpc) is 2.62. The van der Waals surface area contributed by atoms with Crippen LogP contribution in [0.4, 0.5) is 14.6 Å². The number of nitrogen functional groups attached to an aromatic ring is 1. The lowest BCUT2D eigenvalue weighted by Crippen LogP contribution is -2.09. The lowest BCUT2D eigenvalue weighted by Gasteiger charge is -2.10. The highest BCUT2D eigenvalue weighted by Crippen LogP contribution is 2.36. The fourth-order valence-corrected chi connectivity index (χ4v) is 2.61. The van der Waals surface area contributed by atoms with Crippen LogP contribution in [0.15, 0.2) is 18.2 Å². The Labute approximate surface area is 121 Å². The van der Waals surface area contributed by atoms with Gasteiger partial charge in [-0.05, 0) is 24.6 Å². The Morgan fingerprint density at radius 2 is 1.76 bits per heavy atom. The minimum atomic E-state index is -3.43. The number of anilines is 1. The highest BCUT2D eigenvalue weighted by atomic mass is 32.2. The van der Waals surface area contributed by atoms with E-state index in [-0.39, 0.29) is 22.6 Å². The second-order valence-corrected chi connectivity index (χ2v) is 7.27. The first-order valence-corrected chi connectivity index (χ1v) is 8.04. The van der Waals surface area contributed by atoms with Crippen molar-refractivity contribution < 1.29 is 17.2 Å². The van der Waals surface area contributed by atoms with E-state index < -0.39 is 26.7 Å². The Balaban J connectivity index is 2.74. The van der Waals surface area contributed by atoms with Crippen molar-refractivity contribution in [3.05, 3.63) is 35.5 Å². The number of nitrogens with two attached hydrogens (primary N) is 1. The van der Waals surface area contributed by atoms with E-state index in [4.69, 9.17) is 5.73 Å². The first-order valence-electron chi connectivity index (χ1n) is 6.09. The van der Waals surface area contributed by atoms with Crippen molar-refractivity contribution in [2.75, 3.05) is 12.0 Å². The van der Waals surface area contributed by atoms with Crippen molar-refractivity contribution in [3.8, 4) is 11.1 Å². The van der Waals surface area contributed by atoms with E-state index in [9.17, 15) is 17.2 Å². The molecular weight excluding hydrogens is 300 g/mol. The number of benzene rings is 1. The third-order valence-electron chi connectivity index (χ3n) is 3.30. The van der Waals surface area contributed by atoms with Crippen LogP contribution < -0.4 is 5.73 Å². The molecule has 8 heteroatoms. The van der Waals surface area contributed by atoms with E-state index in [1.54, 1.807) is 0 Å². The van der Waals surface area contributed by atoms with Gasteiger partial charge in [0.05, 0.1) is 5.69 Å². The molecule has 0 saturated carbocycles. The Bertz CT molecular complexity index is 780. The lowest BCUT2D eigenvalue weighted by atomic mass is 10.0. The minimum Gasteiger partial charge on any atom is -0.383 e. The van der Waals surface area contributed by atoms with Crippen molar-refractivity contribution in [2.45, 2.75) is 12.2 Å². The van der Waals surface area contributed by atoms with Crippen LogP contribution in [0.25, 0.3) is 11.1 Å². The zero-order valence-corrected chi connectivity index (χ0v) is 12.6. The van der Waals surface area contributed by atoms with Gasteiger partial charge in [0.25, 0.3) is 0 Å². The number of rotatable bonds is 3. The molecule has 21 heavy (non-hydrogen) atoms. The maximum Gasteiger partial charge on any atom is 0.155 e. The lowest BCUT2D eigenvalue weighted by molar-refractivity contribution is 0.584. The Morgan fingerprint density at radius 1 is 1.24 bits per heavy atom. The molecule has 0 spiro atoms. The molecule has 1 aromatic heterocycles. The quantitative estimate of drug-likeness (QED) is 0.940. The normalized spacial score (nSPS) is 13.4. The van der Waals surface area contributed by atoms with Crippen LogP contribution in [0.3, 0.4) is 0 Å². The molecule has 1 heterocycles.